The molecule has 1 aliphatic carbocycles. The maximum Gasteiger partial charge on any atom is 0.129 e. The zero-order chi connectivity index (χ0) is 22.7. The molecule has 0 saturated carbocycles. The minimum Gasteiger partial charge on any atom is -0.371 e. The Bertz CT molecular complexity index is 1080. The van der Waals surface area contributed by atoms with Crippen LogP contribution in [0.15, 0.2) is 72.3 Å². The summed E-state index contributed by atoms with van der Waals surface area (Å²) in [5, 5.41) is 0. The lowest BCUT2D eigenvalue weighted by Gasteiger charge is -2.47. The predicted molar refractivity (Wildman–Crippen MR) is 125 cm³/mol. The van der Waals surface area contributed by atoms with Crippen molar-refractivity contribution in [1.82, 2.24) is 0 Å². The Hall–Kier alpha value is -2.31. The van der Waals surface area contributed by atoms with Gasteiger partial charge in [-0.25, -0.2) is 0 Å². The van der Waals surface area contributed by atoms with Crippen LogP contribution in [-0.2, 0) is 37.0 Å². The Morgan fingerprint density at radius 1 is 0.853 bits per heavy atom. The molecule has 2 aromatic carbocycles. The van der Waals surface area contributed by atoms with Crippen LogP contribution in [0.5, 0.6) is 0 Å². The van der Waals surface area contributed by atoms with E-state index in [1.54, 1.807) is 0 Å². The molecule has 2 aromatic rings. The predicted octanol–water partition coefficient (Wildman–Crippen LogP) is 4.25. The second kappa shape index (κ2) is 8.13. The van der Waals surface area contributed by atoms with E-state index >= 15 is 0 Å². The maximum absolute atomic E-state index is 12.7. The number of ether oxygens (including phenoxy) is 4. The third-order valence-electron chi connectivity index (χ3n) is 8.82. The van der Waals surface area contributed by atoms with Crippen molar-refractivity contribution >= 4 is 6.29 Å². The van der Waals surface area contributed by atoms with E-state index in [4.69, 9.17) is 18.9 Å². The van der Waals surface area contributed by atoms with E-state index < -0.39 is 5.41 Å². The van der Waals surface area contributed by atoms with Gasteiger partial charge in [-0.2, -0.15) is 0 Å². The molecule has 176 valence electrons. The van der Waals surface area contributed by atoms with Crippen LogP contribution < -0.4 is 0 Å². The molecule has 34 heavy (non-hydrogen) atoms. The first kappa shape index (κ1) is 21.0. The van der Waals surface area contributed by atoms with E-state index in [0.29, 0.717) is 19.6 Å². The molecular weight excluding hydrogens is 428 g/mol. The van der Waals surface area contributed by atoms with Gasteiger partial charge in [-0.15, -0.1) is 0 Å². The van der Waals surface area contributed by atoms with Crippen molar-refractivity contribution in [3.8, 4) is 0 Å². The molecule has 0 unspecified atom stereocenters. The molecule has 5 nitrogen and oxygen atoms in total. The second-order valence-corrected chi connectivity index (χ2v) is 10.5. The van der Waals surface area contributed by atoms with E-state index in [0.717, 1.165) is 18.4 Å². The number of allylic oxidation sites excluding steroid dienone is 1. The number of fused-ring (bicyclic) bond motifs is 11. The van der Waals surface area contributed by atoms with Gasteiger partial charge in [0.25, 0.3) is 0 Å². The fourth-order valence-corrected chi connectivity index (χ4v) is 7.40. The van der Waals surface area contributed by atoms with Gasteiger partial charge in [-0.3, -0.25) is 0 Å². The lowest BCUT2D eigenvalue weighted by Crippen LogP contribution is -2.55. The van der Waals surface area contributed by atoms with Crippen molar-refractivity contribution in [2.45, 2.75) is 69.1 Å². The largest absolute Gasteiger partial charge is 0.371 e. The molecule has 9 atom stereocenters. The van der Waals surface area contributed by atoms with Gasteiger partial charge in [0.1, 0.15) is 12.4 Å². The number of hydrogen-bond acceptors (Lipinski definition) is 5. The van der Waals surface area contributed by atoms with E-state index in [2.05, 4.69) is 30.3 Å². The number of aldehydes is 1. The molecule has 4 heterocycles. The molecule has 0 radical (unpaired) electrons. The fourth-order valence-electron chi connectivity index (χ4n) is 7.40. The van der Waals surface area contributed by atoms with Gasteiger partial charge in [-0.05, 0) is 23.1 Å². The average Bonchev–Trinajstić information content (AvgIpc) is 3.66. The summed E-state index contributed by atoms with van der Waals surface area (Å²) in [6, 6.07) is 20.5. The van der Waals surface area contributed by atoms with E-state index in [9.17, 15) is 4.79 Å². The summed E-state index contributed by atoms with van der Waals surface area (Å²) in [7, 11) is 0. The van der Waals surface area contributed by atoms with Crippen molar-refractivity contribution < 1.29 is 23.7 Å². The lowest BCUT2D eigenvalue weighted by molar-refractivity contribution is -0.130. The summed E-state index contributed by atoms with van der Waals surface area (Å²) >= 11 is 0. The first-order valence-electron chi connectivity index (χ1n) is 12.5. The van der Waals surface area contributed by atoms with E-state index in [1.807, 2.05) is 36.4 Å². The highest BCUT2D eigenvalue weighted by Gasteiger charge is 2.70. The summed E-state index contributed by atoms with van der Waals surface area (Å²) in [5.74, 6) is 0.433. The number of carbonyl (C=O) groups excluding carboxylic acids is 1. The van der Waals surface area contributed by atoms with E-state index in [1.165, 1.54) is 17.4 Å². The zero-order valence-corrected chi connectivity index (χ0v) is 19.1. The average molecular weight is 459 g/mol. The highest BCUT2D eigenvalue weighted by atomic mass is 16.6. The van der Waals surface area contributed by atoms with Crippen LogP contribution >= 0.6 is 0 Å². The van der Waals surface area contributed by atoms with Gasteiger partial charge in [0.15, 0.2) is 0 Å². The van der Waals surface area contributed by atoms with Crippen LogP contribution in [0, 0.1) is 17.3 Å². The van der Waals surface area contributed by atoms with Crippen LogP contribution in [0.1, 0.15) is 30.4 Å². The highest BCUT2D eigenvalue weighted by Crippen LogP contribution is 2.64. The highest BCUT2D eigenvalue weighted by molar-refractivity contribution is 5.65. The van der Waals surface area contributed by atoms with Gasteiger partial charge >= 0.3 is 0 Å². The van der Waals surface area contributed by atoms with E-state index in [-0.39, 0.29) is 48.5 Å². The van der Waals surface area contributed by atoms with Gasteiger partial charge in [0.2, 0.25) is 0 Å². The summed E-state index contributed by atoms with van der Waals surface area (Å²) in [5.41, 5.74) is 3.17. The standard InChI is InChI=1S/C29H30O5/c30-17-29-12-11-20-25(21-13-23(27(20)33-21)31-15-18-7-3-1-4-8-18)26(29)22-14-24(28(29)34-22)32-16-19-9-5-2-6-10-19/h1-11,17,21-28H,12-16H2/t21-,22-,23-,24-,25+,26+,27-,28+,29+/m1/s1. The van der Waals surface area contributed by atoms with Crippen molar-refractivity contribution in [3.63, 3.8) is 0 Å². The Kier molecular flexibility index (Phi) is 5.02. The SMILES string of the molecule is O=C[C@@]12CC=C3[C@H]([C@@H]1[C@H]1C[C@@H](OCc4ccccc4)[C@@H]2O1)[C@H]1C[C@@H](OCc2ccccc2)[C@@H]3O1. The van der Waals surface area contributed by atoms with Crippen molar-refractivity contribution in [2.75, 3.05) is 0 Å². The lowest BCUT2D eigenvalue weighted by atomic mass is 9.54. The molecule has 5 aliphatic rings. The zero-order valence-electron chi connectivity index (χ0n) is 19.1. The molecular formula is C29H30O5. The molecule has 5 heteroatoms. The Morgan fingerprint density at radius 3 is 2.18 bits per heavy atom. The maximum atomic E-state index is 12.7. The number of hydrogen-bond donors (Lipinski definition) is 0. The normalized spacial score (nSPS) is 41.2. The minimum atomic E-state index is -0.507. The number of benzene rings is 2. The molecule has 4 bridgehead atoms. The molecule has 0 amide bonds. The molecule has 4 saturated heterocycles. The van der Waals surface area contributed by atoms with Crippen LogP contribution in [0.25, 0.3) is 0 Å². The van der Waals surface area contributed by atoms with Gasteiger partial charge in [-0.1, -0.05) is 66.7 Å². The third-order valence-corrected chi connectivity index (χ3v) is 8.82. The van der Waals surface area contributed by atoms with Crippen LogP contribution in [0.3, 0.4) is 0 Å². The first-order chi connectivity index (χ1) is 16.8. The smallest absolute Gasteiger partial charge is 0.129 e. The van der Waals surface area contributed by atoms with Gasteiger partial charge in [0, 0.05) is 24.7 Å². The first-order valence-corrected chi connectivity index (χ1v) is 12.5. The number of carbonyl (C=O) groups is 1. The Balaban J connectivity index is 1.08. The fraction of sp³-hybridized carbons (Fsp3) is 0.483. The van der Waals surface area contributed by atoms with Crippen LogP contribution in [0.4, 0.5) is 0 Å². The monoisotopic (exact) mass is 458 g/mol. The topological polar surface area (TPSA) is 54.0 Å². The molecule has 0 spiro atoms. The van der Waals surface area contributed by atoms with Crippen molar-refractivity contribution in [1.29, 1.82) is 0 Å². The number of rotatable bonds is 7. The summed E-state index contributed by atoms with van der Waals surface area (Å²) in [6.45, 7) is 1.16. The third kappa shape index (κ3) is 3.11. The van der Waals surface area contributed by atoms with Crippen molar-refractivity contribution in [2.24, 2.45) is 17.3 Å². The molecule has 7 rings (SSSR count). The van der Waals surface area contributed by atoms with Gasteiger partial charge < -0.3 is 23.7 Å². The van der Waals surface area contributed by atoms with Crippen molar-refractivity contribution in [3.05, 3.63) is 83.4 Å². The van der Waals surface area contributed by atoms with Crippen LogP contribution in [-0.4, -0.2) is 42.9 Å². The molecule has 0 aromatic heterocycles. The quantitative estimate of drug-likeness (QED) is 0.459. The van der Waals surface area contributed by atoms with Gasteiger partial charge in [0.05, 0.1) is 49.1 Å². The summed E-state index contributed by atoms with van der Waals surface area (Å²) < 4.78 is 25.6. The molecule has 4 fully saturated rings. The summed E-state index contributed by atoms with van der Waals surface area (Å²) in [4.78, 5) is 12.7. The van der Waals surface area contributed by atoms with Crippen LogP contribution in [0.2, 0.25) is 0 Å². The Morgan fingerprint density at radius 2 is 1.50 bits per heavy atom. The summed E-state index contributed by atoms with van der Waals surface area (Å²) in [6.07, 6.45) is 5.93. The second-order valence-electron chi connectivity index (χ2n) is 10.5. The minimum absolute atomic E-state index is 0.00705. The molecule has 4 aliphatic heterocycles. The molecule has 0 N–H and O–H groups in total. The Labute approximate surface area is 200 Å².